The van der Waals surface area contributed by atoms with Crippen LogP contribution >= 0.6 is 0 Å². The fourth-order valence-electron chi connectivity index (χ4n) is 1.82. The van der Waals surface area contributed by atoms with Crippen LogP contribution in [0.1, 0.15) is 11.1 Å². The minimum atomic E-state index is -3.40. The minimum Gasteiger partial charge on any atom is -0.292 e. The van der Waals surface area contributed by atoms with Crippen LogP contribution in [0.2, 0.25) is 0 Å². The largest absolute Gasteiger partial charge is 0.292 e. The van der Waals surface area contributed by atoms with Gasteiger partial charge in [0.15, 0.2) is 0 Å². The summed E-state index contributed by atoms with van der Waals surface area (Å²) >= 11 is 0. The fraction of sp³-hybridized carbons (Fsp3) is 0.143. The van der Waals surface area contributed by atoms with Gasteiger partial charge in [-0.3, -0.25) is 14.7 Å². The van der Waals surface area contributed by atoms with E-state index in [1.807, 2.05) is 23.7 Å². The predicted molar refractivity (Wildman–Crippen MR) is 76.7 cm³/mol. The van der Waals surface area contributed by atoms with Gasteiger partial charge in [-0.1, -0.05) is 36.4 Å². The van der Waals surface area contributed by atoms with Crippen molar-refractivity contribution in [3.8, 4) is 0 Å². The van der Waals surface area contributed by atoms with Gasteiger partial charge in [-0.25, -0.2) is 8.42 Å². The summed E-state index contributed by atoms with van der Waals surface area (Å²) in [6.45, 7) is 0. The van der Waals surface area contributed by atoms with Crippen molar-refractivity contribution in [1.29, 1.82) is 0 Å². The molecule has 1 aromatic heterocycles. The molecule has 0 unspecified atom stereocenters. The number of aromatic nitrogens is 1. The van der Waals surface area contributed by atoms with E-state index in [0.717, 1.165) is 11.1 Å². The van der Waals surface area contributed by atoms with E-state index in [-0.39, 0.29) is 5.75 Å². The molecule has 0 atom stereocenters. The zero-order chi connectivity index (χ0) is 14.4. The summed E-state index contributed by atoms with van der Waals surface area (Å²) < 4.78 is 25.7. The SMILES string of the molecule is O=S(=O)(Cc1ccccc1)n1ccc(CC=CNO)c1. The highest BCUT2D eigenvalue weighted by atomic mass is 32.2. The van der Waals surface area contributed by atoms with Crippen LogP contribution in [0.5, 0.6) is 0 Å². The molecule has 2 aromatic rings. The van der Waals surface area contributed by atoms with Crippen molar-refractivity contribution in [2.75, 3.05) is 0 Å². The maximum Gasteiger partial charge on any atom is 0.242 e. The second-order valence-electron chi connectivity index (χ2n) is 4.33. The van der Waals surface area contributed by atoms with Gasteiger partial charge in [0.2, 0.25) is 10.0 Å². The van der Waals surface area contributed by atoms with E-state index in [1.54, 1.807) is 30.5 Å². The van der Waals surface area contributed by atoms with Crippen LogP contribution in [-0.2, 0) is 22.2 Å². The first-order valence-electron chi connectivity index (χ1n) is 6.10. The van der Waals surface area contributed by atoms with Crippen molar-refractivity contribution in [2.45, 2.75) is 12.2 Å². The van der Waals surface area contributed by atoms with Gasteiger partial charge in [-0.05, 0) is 23.6 Å². The molecule has 2 N–H and O–H groups in total. The molecule has 0 aliphatic rings. The fourth-order valence-corrected chi connectivity index (χ4v) is 3.12. The Kier molecular flexibility index (Phi) is 4.60. The minimum absolute atomic E-state index is 0.0318. The molecule has 0 saturated carbocycles. The van der Waals surface area contributed by atoms with Gasteiger partial charge in [-0.15, -0.1) is 0 Å². The number of rotatable bonds is 6. The summed E-state index contributed by atoms with van der Waals surface area (Å²) in [7, 11) is -3.40. The average Bonchev–Trinajstić information content (AvgIpc) is 2.89. The Labute approximate surface area is 118 Å². The highest BCUT2D eigenvalue weighted by Gasteiger charge is 2.13. The normalized spacial score (nSPS) is 11.8. The second-order valence-corrected chi connectivity index (χ2v) is 6.20. The van der Waals surface area contributed by atoms with Crippen molar-refractivity contribution in [3.05, 3.63) is 72.2 Å². The zero-order valence-corrected chi connectivity index (χ0v) is 11.6. The molecule has 0 amide bonds. The Hall–Kier alpha value is -2.05. The molecule has 0 saturated heterocycles. The van der Waals surface area contributed by atoms with Gasteiger partial charge in [0.25, 0.3) is 0 Å². The lowest BCUT2D eigenvalue weighted by molar-refractivity contribution is 0.214. The highest BCUT2D eigenvalue weighted by molar-refractivity contribution is 7.89. The van der Waals surface area contributed by atoms with E-state index < -0.39 is 10.0 Å². The van der Waals surface area contributed by atoms with Crippen LogP contribution in [0.3, 0.4) is 0 Å². The molecular formula is C14H16N2O3S. The van der Waals surface area contributed by atoms with Crippen LogP contribution in [0.15, 0.2) is 61.1 Å². The summed E-state index contributed by atoms with van der Waals surface area (Å²) in [5.41, 5.74) is 3.51. The molecule has 2 rings (SSSR count). The van der Waals surface area contributed by atoms with Gasteiger partial charge in [0, 0.05) is 18.6 Å². The average molecular weight is 292 g/mol. The maximum atomic E-state index is 12.2. The summed E-state index contributed by atoms with van der Waals surface area (Å²) in [5, 5.41) is 8.40. The van der Waals surface area contributed by atoms with Crippen molar-refractivity contribution in [2.24, 2.45) is 0 Å². The molecule has 0 bridgehead atoms. The first kappa shape index (κ1) is 14.4. The van der Waals surface area contributed by atoms with Crippen LogP contribution < -0.4 is 5.48 Å². The van der Waals surface area contributed by atoms with Crippen LogP contribution in [0, 0.1) is 0 Å². The van der Waals surface area contributed by atoms with Gasteiger partial charge in [-0.2, -0.15) is 0 Å². The summed E-state index contributed by atoms with van der Waals surface area (Å²) in [6.07, 6.45) is 6.74. The van der Waals surface area contributed by atoms with E-state index in [9.17, 15) is 8.42 Å². The van der Waals surface area contributed by atoms with E-state index in [0.29, 0.717) is 6.42 Å². The Bertz CT molecular complexity index is 675. The number of allylic oxidation sites excluding steroid dienone is 1. The Morgan fingerprint density at radius 1 is 1.15 bits per heavy atom. The van der Waals surface area contributed by atoms with Gasteiger partial charge in [0.1, 0.15) is 0 Å². The van der Waals surface area contributed by atoms with Crippen molar-refractivity contribution in [3.63, 3.8) is 0 Å². The molecule has 6 heteroatoms. The third-order valence-electron chi connectivity index (χ3n) is 2.79. The second kappa shape index (κ2) is 6.40. The molecule has 0 aliphatic carbocycles. The number of benzene rings is 1. The molecular weight excluding hydrogens is 276 g/mol. The molecule has 5 nitrogen and oxygen atoms in total. The highest BCUT2D eigenvalue weighted by Crippen LogP contribution is 2.11. The first-order chi connectivity index (χ1) is 9.62. The topological polar surface area (TPSA) is 71.3 Å². The molecule has 1 aromatic carbocycles. The lowest BCUT2D eigenvalue weighted by atomic mass is 10.2. The molecule has 1 heterocycles. The van der Waals surface area contributed by atoms with Crippen molar-refractivity contribution in [1.82, 2.24) is 9.45 Å². The predicted octanol–water partition coefficient (Wildman–Crippen LogP) is 1.90. The van der Waals surface area contributed by atoms with Gasteiger partial charge in [0.05, 0.1) is 5.75 Å². The third kappa shape index (κ3) is 3.72. The lowest BCUT2D eigenvalue weighted by Crippen LogP contribution is -2.13. The van der Waals surface area contributed by atoms with Gasteiger partial charge >= 0.3 is 0 Å². The zero-order valence-electron chi connectivity index (χ0n) is 10.8. The number of nitrogens with one attached hydrogen (secondary N) is 1. The Balaban J connectivity index is 2.12. The lowest BCUT2D eigenvalue weighted by Gasteiger charge is -2.05. The van der Waals surface area contributed by atoms with E-state index >= 15 is 0 Å². The Morgan fingerprint density at radius 2 is 1.90 bits per heavy atom. The molecule has 0 radical (unpaired) electrons. The van der Waals surface area contributed by atoms with Crippen LogP contribution in [-0.4, -0.2) is 17.6 Å². The molecule has 0 aliphatic heterocycles. The Morgan fingerprint density at radius 3 is 2.60 bits per heavy atom. The summed E-state index contributed by atoms with van der Waals surface area (Å²) in [5.74, 6) is -0.0318. The molecule has 0 spiro atoms. The molecule has 20 heavy (non-hydrogen) atoms. The number of nitrogens with zero attached hydrogens (tertiary/aromatic N) is 1. The third-order valence-corrected chi connectivity index (χ3v) is 4.36. The quantitative estimate of drug-likeness (QED) is 0.798. The summed E-state index contributed by atoms with van der Waals surface area (Å²) in [4.78, 5) is 0. The molecule has 0 fully saturated rings. The maximum absolute atomic E-state index is 12.2. The smallest absolute Gasteiger partial charge is 0.242 e. The van der Waals surface area contributed by atoms with Crippen LogP contribution in [0.25, 0.3) is 0 Å². The molecule has 106 valence electrons. The van der Waals surface area contributed by atoms with Crippen molar-refractivity contribution >= 4 is 10.0 Å². The standard InChI is InChI=1S/C14H16N2O3S/c17-15-9-4-7-13-8-10-16(11-13)20(18,19)12-14-5-2-1-3-6-14/h1-6,8-11,15,17H,7,12H2. The number of hydroxylamine groups is 1. The number of hydrogen-bond donors (Lipinski definition) is 2. The monoisotopic (exact) mass is 292 g/mol. The first-order valence-corrected chi connectivity index (χ1v) is 7.71. The van der Waals surface area contributed by atoms with Crippen LogP contribution in [0.4, 0.5) is 0 Å². The van der Waals surface area contributed by atoms with E-state index in [4.69, 9.17) is 5.21 Å². The number of hydrogen-bond acceptors (Lipinski definition) is 4. The van der Waals surface area contributed by atoms with Gasteiger partial charge < -0.3 is 0 Å². The van der Waals surface area contributed by atoms with E-state index in [2.05, 4.69) is 0 Å². The van der Waals surface area contributed by atoms with E-state index in [1.165, 1.54) is 16.4 Å². The summed E-state index contributed by atoms with van der Waals surface area (Å²) in [6, 6.07) is 10.8. The van der Waals surface area contributed by atoms with Crippen molar-refractivity contribution < 1.29 is 13.6 Å².